The highest BCUT2D eigenvalue weighted by molar-refractivity contribution is 9.10. The van der Waals surface area contributed by atoms with Gasteiger partial charge in [-0.15, -0.1) is 0 Å². The highest BCUT2D eigenvalue weighted by atomic mass is 79.9. The molecule has 0 saturated heterocycles. The molecular formula is C16H18BrNO5. The topological polar surface area (TPSA) is 76.1 Å². The van der Waals surface area contributed by atoms with E-state index in [9.17, 15) is 14.7 Å². The number of halogens is 1. The van der Waals surface area contributed by atoms with Crippen molar-refractivity contribution in [1.29, 1.82) is 0 Å². The van der Waals surface area contributed by atoms with E-state index in [1.807, 2.05) is 0 Å². The third-order valence-electron chi connectivity index (χ3n) is 4.70. The number of carboxylic acid groups (broad SMARTS) is 1. The molecule has 1 aliphatic carbocycles. The molecule has 1 saturated carbocycles. The number of fused-ring (bicyclic) bond motifs is 1. The fourth-order valence-electron chi connectivity index (χ4n) is 3.31. The average Bonchev–Trinajstić information content (AvgIpc) is 3.03. The Balaban J connectivity index is 1.93. The molecule has 2 aliphatic rings. The highest BCUT2D eigenvalue weighted by Gasteiger charge is 2.45. The minimum absolute atomic E-state index is 0.112. The fourth-order valence-corrected chi connectivity index (χ4v) is 3.86. The van der Waals surface area contributed by atoms with Crippen molar-refractivity contribution in [2.75, 3.05) is 13.8 Å². The summed E-state index contributed by atoms with van der Waals surface area (Å²) in [7, 11) is 1.57. The van der Waals surface area contributed by atoms with Crippen LogP contribution in [-0.2, 0) is 4.79 Å². The standard InChI is InChI=1S/C16H18BrNO5/c1-18(16(15(20)21)5-3-2-4-6-16)14(19)10-7-11(17)13-12(8-10)22-9-23-13/h7-8H,2-6,9H2,1H3,(H,20,21). The average molecular weight is 384 g/mol. The van der Waals surface area contributed by atoms with Crippen LogP contribution in [0.25, 0.3) is 0 Å². The molecule has 1 aliphatic heterocycles. The number of rotatable bonds is 3. The molecule has 124 valence electrons. The Kier molecular flexibility index (Phi) is 4.23. The first-order chi connectivity index (χ1) is 11.0. The number of carbonyl (C=O) groups excluding carboxylic acids is 1. The minimum Gasteiger partial charge on any atom is -0.479 e. The Morgan fingerprint density at radius 3 is 2.57 bits per heavy atom. The number of ether oxygens (including phenoxy) is 2. The Morgan fingerprint density at radius 1 is 1.22 bits per heavy atom. The van der Waals surface area contributed by atoms with E-state index in [2.05, 4.69) is 15.9 Å². The van der Waals surface area contributed by atoms with Gasteiger partial charge in [-0.25, -0.2) is 4.79 Å². The maximum Gasteiger partial charge on any atom is 0.329 e. The zero-order valence-electron chi connectivity index (χ0n) is 12.8. The van der Waals surface area contributed by atoms with Crippen LogP contribution in [0, 0.1) is 0 Å². The van der Waals surface area contributed by atoms with Gasteiger partial charge in [-0.1, -0.05) is 19.3 Å². The number of likely N-dealkylation sites (N-methyl/N-ethyl adjacent to an activating group) is 1. The molecule has 0 atom stereocenters. The molecule has 1 N–H and O–H groups in total. The van der Waals surface area contributed by atoms with Gasteiger partial charge in [-0.3, -0.25) is 4.79 Å². The van der Waals surface area contributed by atoms with E-state index in [-0.39, 0.29) is 12.7 Å². The summed E-state index contributed by atoms with van der Waals surface area (Å²) in [6, 6.07) is 3.25. The molecule has 0 unspecified atom stereocenters. The van der Waals surface area contributed by atoms with Crippen LogP contribution in [0.1, 0.15) is 42.5 Å². The fraction of sp³-hybridized carbons (Fsp3) is 0.500. The predicted molar refractivity (Wildman–Crippen MR) is 85.8 cm³/mol. The van der Waals surface area contributed by atoms with Gasteiger partial charge in [0.25, 0.3) is 5.91 Å². The van der Waals surface area contributed by atoms with E-state index < -0.39 is 11.5 Å². The summed E-state index contributed by atoms with van der Waals surface area (Å²) in [6.07, 6.45) is 3.60. The molecular weight excluding hydrogens is 366 g/mol. The van der Waals surface area contributed by atoms with Gasteiger partial charge in [0.1, 0.15) is 5.54 Å². The molecule has 6 nitrogen and oxygen atoms in total. The number of carboxylic acids is 1. The number of amides is 1. The summed E-state index contributed by atoms with van der Waals surface area (Å²) < 4.78 is 11.3. The van der Waals surface area contributed by atoms with Crippen LogP contribution in [0.5, 0.6) is 11.5 Å². The van der Waals surface area contributed by atoms with Crippen molar-refractivity contribution in [2.24, 2.45) is 0 Å². The molecule has 0 spiro atoms. The molecule has 23 heavy (non-hydrogen) atoms. The molecule has 0 aromatic heterocycles. The highest BCUT2D eigenvalue weighted by Crippen LogP contribution is 2.41. The Morgan fingerprint density at radius 2 is 1.91 bits per heavy atom. The van der Waals surface area contributed by atoms with Crippen molar-refractivity contribution in [1.82, 2.24) is 4.90 Å². The van der Waals surface area contributed by atoms with Gasteiger partial charge >= 0.3 is 5.97 Å². The van der Waals surface area contributed by atoms with Crippen LogP contribution in [0.15, 0.2) is 16.6 Å². The second-order valence-electron chi connectivity index (χ2n) is 5.95. The van der Waals surface area contributed by atoms with Gasteiger partial charge in [0.2, 0.25) is 6.79 Å². The third kappa shape index (κ3) is 2.67. The van der Waals surface area contributed by atoms with Crippen molar-refractivity contribution < 1.29 is 24.2 Å². The van der Waals surface area contributed by atoms with E-state index >= 15 is 0 Å². The molecule has 0 radical (unpaired) electrons. The van der Waals surface area contributed by atoms with Crippen molar-refractivity contribution >= 4 is 27.8 Å². The second-order valence-corrected chi connectivity index (χ2v) is 6.81. The number of nitrogens with zero attached hydrogens (tertiary/aromatic N) is 1. The van der Waals surface area contributed by atoms with E-state index in [4.69, 9.17) is 9.47 Å². The normalized spacial score (nSPS) is 18.5. The maximum atomic E-state index is 12.9. The molecule has 3 rings (SSSR count). The van der Waals surface area contributed by atoms with Gasteiger partial charge in [0.05, 0.1) is 4.47 Å². The summed E-state index contributed by atoms with van der Waals surface area (Å²) in [5, 5.41) is 9.72. The van der Waals surface area contributed by atoms with Crippen LogP contribution in [0.3, 0.4) is 0 Å². The predicted octanol–water partition coefficient (Wildman–Crippen LogP) is 3.04. The van der Waals surface area contributed by atoms with Crippen LogP contribution >= 0.6 is 15.9 Å². The third-order valence-corrected chi connectivity index (χ3v) is 5.29. The van der Waals surface area contributed by atoms with Crippen LogP contribution in [0.2, 0.25) is 0 Å². The number of carbonyl (C=O) groups is 2. The van der Waals surface area contributed by atoms with E-state index in [1.165, 1.54) is 4.90 Å². The number of benzene rings is 1. The van der Waals surface area contributed by atoms with Gasteiger partial charge in [-0.05, 0) is 40.9 Å². The lowest BCUT2D eigenvalue weighted by Crippen LogP contribution is -2.56. The molecule has 1 fully saturated rings. The number of hydrogen-bond donors (Lipinski definition) is 1. The molecule has 0 bridgehead atoms. The SMILES string of the molecule is CN(C(=O)c1cc(Br)c2c(c1)OCO2)C1(C(=O)O)CCCCC1. The van der Waals surface area contributed by atoms with Crippen LogP contribution in [0.4, 0.5) is 0 Å². The Hall–Kier alpha value is -1.76. The summed E-state index contributed by atoms with van der Waals surface area (Å²) in [6.45, 7) is 0.112. The summed E-state index contributed by atoms with van der Waals surface area (Å²) in [5.74, 6) is -0.208. The van der Waals surface area contributed by atoms with Crippen molar-refractivity contribution in [3.63, 3.8) is 0 Å². The lowest BCUT2D eigenvalue weighted by molar-refractivity contribution is -0.151. The number of aliphatic carboxylic acids is 1. The molecule has 7 heteroatoms. The first kappa shape index (κ1) is 16.1. The van der Waals surface area contributed by atoms with Gasteiger partial charge < -0.3 is 19.5 Å². The molecule has 1 amide bonds. The molecule has 1 heterocycles. The lowest BCUT2D eigenvalue weighted by atomic mass is 9.80. The minimum atomic E-state index is -1.13. The van der Waals surface area contributed by atoms with Crippen molar-refractivity contribution in [2.45, 2.75) is 37.6 Å². The van der Waals surface area contributed by atoms with Crippen molar-refractivity contribution in [3.8, 4) is 11.5 Å². The summed E-state index contributed by atoms with van der Waals surface area (Å²) in [4.78, 5) is 26.1. The zero-order valence-corrected chi connectivity index (χ0v) is 14.4. The monoisotopic (exact) mass is 383 g/mol. The van der Waals surface area contributed by atoms with Gasteiger partial charge in [0.15, 0.2) is 11.5 Å². The van der Waals surface area contributed by atoms with E-state index in [0.717, 1.165) is 19.3 Å². The maximum absolute atomic E-state index is 12.9. The first-order valence-electron chi connectivity index (χ1n) is 7.56. The lowest BCUT2D eigenvalue weighted by Gasteiger charge is -2.41. The molecule has 1 aromatic rings. The Labute approximate surface area is 142 Å². The number of hydrogen-bond acceptors (Lipinski definition) is 4. The van der Waals surface area contributed by atoms with Gasteiger partial charge in [-0.2, -0.15) is 0 Å². The first-order valence-corrected chi connectivity index (χ1v) is 8.36. The van der Waals surface area contributed by atoms with Crippen LogP contribution in [-0.4, -0.2) is 41.3 Å². The largest absolute Gasteiger partial charge is 0.479 e. The quantitative estimate of drug-likeness (QED) is 0.867. The summed E-state index contributed by atoms with van der Waals surface area (Å²) in [5.41, 5.74) is -0.743. The second kappa shape index (κ2) is 6.03. The van der Waals surface area contributed by atoms with Crippen molar-refractivity contribution in [3.05, 3.63) is 22.2 Å². The van der Waals surface area contributed by atoms with E-state index in [1.54, 1.807) is 19.2 Å². The van der Waals surface area contributed by atoms with Gasteiger partial charge in [0, 0.05) is 12.6 Å². The zero-order chi connectivity index (χ0) is 16.6. The Bertz CT molecular complexity index is 654. The molecule has 1 aromatic carbocycles. The van der Waals surface area contributed by atoms with E-state index in [0.29, 0.717) is 34.4 Å². The van der Waals surface area contributed by atoms with Crippen LogP contribution < -0.4 is 9.47 Å². The smallest absolute Gasteiger partial charge is 0.329 e. The summed E-state index contributed by atoms with van der Waals surface area (Å²) >= 11 is 3.36.